The summed E-state index contributed by atoms with van der Waals surface area (Å²) in [6, 6.07) is 0.320. The molecule has 1 atom stereocenters. The average molecular weight is 238 g/mol. The quantitative estimate of drug-likeness (QED) is 0.771. The molecule has 0 heterocycles. The van der Waals surface area contributed by atoms with E-state index in [9.17, 15) is 4.79 Å². The Kier molecular flexibility index (Phi) is 4.08. The van der Waals surface area contributed by atoms with Crippen molar-refractivity contribution in [3.05, 3.63) is 0 Å². The fourth-order valence-electron chi connectivity index (χ4n) is 3.04. The lowest BCUT2D eigenvalue weighted by Gasteiger charge is -2.35. The second kappa shape index (κ2) is 5.38. The smallest absolute Gasteiger partial charge is 0.227 e. The number of hydrogen-bond acceptors (Lipinski definition) is 2. The van der Waals surface area contributed by atoms with Gasteiger partial charge in [-0.15, -0.1) is 0 Å². The molecule has 2 fully saturated rings. The van der Waals surface area contributed by atoms with Gasteiger partial charge in [0.1, 0.15) is 0 Å². The van der Waals surface area contributed by atoms with Crippen LogP contribution in [0, 0.1) is 11.3 Å². The van der Waals surface area contributed by atoms with Crippen molar-refractivity contribution < 1.29 is 4.79 Å². The number of rotatable bonds is 5. The molecule has 0 aliphatic heterocycles. The zero-order valence-electron chi connectivity index (χ0n) is 11.0. The third-order valence-electron chi connectivity index (χ3n) is 4.44. The van der Waals surface area contributed by atoms with E-state index in [-0.39, 0.29) is 11.3 Å². The van der Waals surface area contributed by atoms with Gasteiger partial charge in [-0.1, -0.05) is 32.1 Å². The van der Waals surface area contributed by atoms with E-state index in [1.165, 1.54) is 19.3 Å². The van der Waals surface area contributed by atoms with Gasteiger partial charge in [-0.2, -0.15) is 0 Å². The van der Waals surface area contributed by atoms with Crippen LogP contribution in [0.2, 0.25) is 0 Å². The standard InChI is InChI=1S/C14H26N2O/c1-11(9-12-5-6-12)16-13(17)14(10-15)7-3-2-4-8-14/h11-12H,2-10,15H2,1H3,(H,16,17). The van der Waals surface area contributed by atoms with Crippen LogP contribution >= 0.6 is 0 Å². The molecule has 0 spiro atoms. The molecule has 2 aliphatic carbocycles. The lowest BCUT2D eigenvalue weighted by Crippen LogP contribution is -2.49. The molecular weight excluding hydrogens is 212 g/mol. The van der Waals surface area contributed by atoms with Crippen LogP contribution in [0.5, 0.6) is 0 Å². The summed E-state index contributed by atoms with van der Waals surface area (Å²) in [5.74, 6) is 1.08. The van der Waals surface area contributed by atoms with E-state index in [1.54, 1.807) is 0 Å². The first-order valence-electron chi connectivity index (χ1n) is 7.17. The zero-order chi connectivity index (χ0) is 12.3. The molecule has 1 amide bonds. The maximum Gasteiger partial charge on any atom is 0.227 e. The third-order valence-corrected chi connectivity index (χ3v) is 4.44. The van der Waals surface area contributed by atoms with E-state index in [2.05, 4.69) is 12.2 Å². The van der Waals surface area contributed by atoms with Gasteiger partial charge in [0.25, 0.3) is 0 Å². The largest absolute Gasteiger partial charge is 0.353 e. The van der Waals surface area contributed by atoms with Crippen molar-refractivity contribution >= 4 is 5.91 Å². The van der Waals surface area contributed by atoms with E-state index in [1.807, 2.05) is 0 Å². The third kappa shape index (κ3) is 3.21. The van der Waals surface area contributed by atoms with Crippen LogP contribution < -0.4 is 11.1 Å². The summed E-state index contributed by atoms with van der Waals surface area (Å²) in [6.07, 6.45) is 9.36. The summed E-state index contributed by atoms with van der Waals surface area (Å²) in [4.78, 5) is 12.4. The second-order valence-corrected chi connectivity index (χ2v) is 6.10. The van der Waals surface area contributed by atoms with Gasteiger partial charge in [-0.3, -0.25) is 4.79 Å². The van der Waals surface area contributed by atoms with Gasteiger partial charge in [0, 0.05) is 12.6 Å². The van der Waals surface area contributed by atoms with Crippen molar-refractivity contribution in [2.45, 2.75) is 64.3 Å². The highest BCUT2D eigenvalue weighted by atomic mass is 16.2. The Morgan fingerprint density at radius 2 is 2.00 bits per heavy atom. The van der Waals surface area contributed by atoms with Gasteiger partial charge in [0.2, 0.25) is 5.91 Å². The Morgan fingerprint density at radius 1 is 1.35 bits per heavy atom. The highest BCUT2D eigenvalue weighted by Crippen LogP contribution is 2.37. The summed E-state index contributed by atoms with van der Waals surface area (Å²) in [7, 11) is 0. The van der Waals surface area contributed by atoms with Crippen LogP contribution in [-0.2, 0) is 4.79 Å². The maximum atomic E-state index is 12.4. The van der Waals surface area contributed by atoms with Crippen molar-refractivity contribution in [1.82, 2.24) is 5.32 Å². The highest BCUT2D eigenvalue weighted by Gasteiger charge is 2.38. The first-order valence-corrected chi connectivity index (χ1v) is 7.17. The SMILES string of the molecule is CC(CC1CC1)NC(=O)C1(CN)CCCCC1. The van der Waals surface area contributed by atoms with Crippen LogP contribution in [0.1, 0.15) is 58.3 Å². The molecule has 2 aliphatic rings. The van der Waals surface area contributed by atoms with E-state index < -0.39 is 0 Å². The van der Waals surface area contributed by atoms with E-state index >= 15 is 0 Å². The van der Waals surface area contributed by atoms with Crippen molar-refractivity contribution in [2.75, 3.05) is 6.54 Å². The Morgan fingerprint density at radius 3 is 2.53 bits per heavy atom. The normalized spacial score (nSPS) is 25.3. The molecule has 2 saturated carbocycles. The van der Waals surface area contributed by atoms with Gasteiger partial charge < -0.3 is 11.1 Å². The molecular formula is C14H26N2O. The summed E-state index contributed by atoms with van der Waals surface area (Å²) < 4.78 is 0. The van der Waals surface area contributed by atoms with Crippen molar-refractivity contribution in [3.8, 4) is 0 Å². The first kappa shape index (κ1) is 12.9. The Hall–Kier alpha value is -0.570. The lowest BCUT2D eigenvalue weighted by molar-refractivity contribution is -0.133. The Bertz CT molecular complexity index is 267. The minimum absolute atomic E-state index is 0.216. The molecule has 98 valence electrons. The van der Waals surface area contributed by atoms with Gasteiger partial charge >= 0.3 is 0 Å². The number of hydrogen-bond donors (Lipinski definition) is 2. The maximum absolute atomic E-state index is 12.4. The molecule has 3 N–H and O–H groups in total. The number of amides is 1. The lowest BCUT2D eigenvalue weighted by atomic mass is 9.73. The second-order valence-electron chi connectivity index (χ2n) is 6.10. The van der Waals surface area contributed by atoms with Crippen molar-refractivity contribution in [3.63, 3.8) is 0 Å². The molecule has 0 saturated heterocycles. The van der Waals surface area contributed by atoms with Crippen LogP contribution in [0.25, 0.3) is 0 Å². The zero-order valence-corrected chi connectivity index (χ0v) is 11.0. The number of nitrogens with two attached hydrogens (primary N) is 1. The van der Waals surface area contributed by atoms with E-state index in [4.69, 9.17) is 5.73 Å². The number of nitrogens with one attached hydrogen (secondary N) is 1. The average Bonchev–Trinajstić information content (AvgIpc) is 3.13. The predicted molar refractivity (Wildman–Crippen MR) is 69.5 cm³/mol. The topological polar surface area (TPSA) is 55.1 Å². The van der Waals surface area contributed by atoms with Gasteiger partial charge in [0.05, 0.1) is 5.41 Å². The molecule has 17 heavy (non-hydrogen) atoms. The summed E-state index contributed by atoms with van der Waals surface area (Å²) in [6.45, 7) is 2.64. The highest BCUT2D eigenvalue weighted by molar-refractivity contribution is 5.83. The molecule has 0 aromatic heterocycles. The van der Waals surface area contributed by atoms with Crippen LogP contribution in [-0.4, -0.2) is 18.5 Å². The monoisotopic (exact) mass is 238 g/mol. The van der Waals surface area contributed by atoms with Gasteiger partial charge in [-0.25, -0.2) is 0 Å². The van der Waals surface area contributed by atoms with E-state index in [0.29, 0.717) is 12.6 Å². The fraction of sp³-hybridized carbons (Fsp3) is 0.929. The molecule has 3 nitrogen and oxygen atoms in total. The molecule has 0 aromatic rings. The molecule has 3 heteroatoms. The van der Waals surface area contributed by atoms with Crippen molar-refractivity contribution in [1.29, 1.82) is 0 Å². The van der Waals surface area contributed by atoms with Crippen molar-refractivity contribution in [2.24, 2.45) is 17.1 Å². The van der Waals surface area contributed by atoms with Gasteiger partial charge in [0.15, 0.2) is 0 Å². The Labute approximate surface area is 105 Å². The molecule has 1 unspecified atom stereocenters. The molecule has 0 aromatic carbocycles. The van der Waals surface area contributed by atoms with Gasteiger partial charge in [-0.05, 0) is 32.1 Å². The first-order chi connectivity index (χ1) is 8.16. The fourth-order valence-corrected chi connectivity index (χ4v) is 3.04. The number of carbonyl (C=O) groups is 1. The predicted octanol–water partition coefficient (Wildman–Crippen LogP) is 2.20. The van der Waals surface area contributed by atoms with Crippen LogP contribution in [0.4, 0.5) is 0 Å². The summed E-state index contributed by atoms with van der Waals surface area (Å²) >= 11 is 0. The van der Waals surface area contributed by atoms with E-state index in [0.717, 1.165) is 38.0 Å². The number of carbonyl (C=O) groups excluding carboxylic acids is 1. The van der Waals surface area contributed by atoms with Crippen LogP contribution in [0.3, 0.4) is 0 Å². The molecule has 0 radical (unpaired) electrons. The molecule has 0 bridgehead atoms. The summed E-state index contributed by atoms with van der Waals surface area (Å²) in [5.41, 5.74) is 5.61. The molecule has 2 rings (SSSR count). The van der Waals surface area contributed by atoms with Crippen LogP contribution in [0.15, 0.2) is 0 Å². The minimum Gasteiger partial charge on any atom is -0.353 e. The Balaban J connectivity index is 1.86. The minimum atomic E-state index is -0.254. The summed E-state index contributed by atoms with van der Waals surface area (Å²) in [5, 5.41) is 3.19.